The van der Waals surface area contributed by atoms with Gasteiger partial charge >= 0.3 is 0 Å². The number of aromatic nitrogens is 1. The molecule has 0 aliphatic carbocycles. The monoisotopic (exact) mass is 305 g/mol. The van der Waals surface area contributed by atoms with E-state index in [1.54, 1.807) is 0 Å². The third kappa shape index (κ3) is 4.54. The zero-order valence-corrected chi connectivity index (χ0v) is 12.7. The molecule has 1 aromatic carbocycles. The van der Waals surface area contributed by atoms with Crippen molar-refractivity contribution in [3.63, 3.8) is 0 Å². The van der Waals surface area contributed by atoms with Crippen molar-refractivity contribution in [3.05, 3.63) is 54.2 Å². The highest BCUT2D eigenvalue weighted by Crippen LogP contribution is 2.11. The summed E-state index contributed by atoms with van der Waals surface area (Å²) in [4.78, 5) is 3.93. The minimum absolute atomic E-state index is 0.128. The molecule has 3 N–H and O–H groups in total. The Morgan fingerprint density at radius 1 is 1.19 bits per heavy atom. The van der Waals surface area contributed by atoms with Crippen LogP contribution >= 0.6 is 0 Å². The van der Waals surface area contributed by atoms with Gasteiger partial charge in [0.05, 0.1) is 0 Å². The fraction of sp³-hybridized carbons (Fsp3) is 0.267. The van der Waals surface area contributed by atoms with Crippen molar-refractivity contribution in [2.24, 2.45) is 0 Å². The van der Waals surface area contributed by atoms with Crippen LogP contribution in [0.5, 0.6) is 0 Å². The smallest absolute Gasteiger partial charge is 0.242 e. The van der Waals surface area contributed by atoms with Gasteiger partial charge in [-0.2, -0.15) is 0 Å². The molecule has 112 valence electrons. The lowest BCUT2D eigenvalue weighted by atomic mass is 10.1. The Labute approximate surface area is 125 Å². The maximum absolute atomic E-state index is 12.2. The van der Waals surface area contributed by atoms with Crippen molar-refractivity contribution >= 4 is 15.8 Å². The van der Waals surface area contributed by atoms with Gasteiger partial charge in [0.1, 0.15) is 10.7 Å². The van der Waals surface area contributed by atoms with E-state index in [0.29, 0.717) is 5.82 Å². The van der Waals surface area contributed by atoms with Gasteiger partial charge in [-0.15, -0.1) is 0 Å². The Hall–Kier alpha value is -1.92. The minimum Gasteiger partial charge on any atom is -0.384 e. The number of benzene rings is 1. The van der Waals surface area contributed by atoms with Gasteiger partial charge < -0.3 is 5.73 Å². The molecule has 0 aliphatic heterocycles. The highest BCUT2D eigenvalue weighted by atomic mass is 32.2. The van der Waals surface area contributed by atoms with Gasteiger partial charge in [-0.1, -0.05) is 30.3 Å². The van der Waals surface area contributed by atoms with Crippen LogP contribution in [0, 0.1) is 0 Å². The van der Waals surface area contributed by atoms with Gasteiger partial charge in [-0.25, -0.2) is 18.1 Å². The summed E-state index contributed by atoms with van der Waals surface area (Å²) in [6.45, 7) is 1.85. The number of aryl methyl sites for hydroxylation is 1. The number of hydrogen-bond acceptors (Lipinski definition) is 4. The molecule has 0 saturated carbocycles. The standard InChI is InChI=1S/C15H19N3O2S/c1-12(7-8-13-5-3-2-4-6-13)18-21(19,20)14-9-10-15(16)17-11-14/h2-6,9-12,18H,7-8H2,1H3,(H2,16,17). The Bertz CT molecular complexity index is 670. The Morgan fingerprint density at radius 3 is 2.52 bits per heavy atom. The first-order valence-electron chi connectivity index (χ1n) is 6.75. The molecule has 6 heteroatoms. The second-order valence-electron chi connectivity index (χ2n) is 4.97. The van der Waals surface area contributed by atoms with E-state index in [4.69, 9.17) is 5.73 Å². The number of sulfonamides is 1. The predicted molar refractivity (Wildman–Crippen MR) is 83.2 cm³/mol. The lowest BCUT2D eigenvalue weighted by Gasteiger charge is -2.14. The van der Waals surface area contributed by atoms with Gasteiger partial charge in [0.15, 0.2) is 0 Å². The zero-order valence-electron chi connectivity index (χ0n) is 11.9. The van der Waals surface area contributed by atoms with E-state index in [1.807, 2.05) is 37.3 Å². The molecule has 0 saturated heterocycles. The van der Waals surface area contributed by atoms with E-state index in [1.165, 1.54) is 23.9 Å². The average molecular weight is 305 g/mol. The third-order valence-electron chi connectivity index (χ3n) is 3.13. The number of nitrogens with one attached hydrogen (secondary N) is 1. The number of pyridine rings is 1. The topological polar surface area (TPSA) is 85.1 Å². The highest BCUT2D eigenvalue weighted by Gasteiger charge is 2.17. The molecule has 0 radical (unpaired) electrons. The molecule has 0 bridgehead atoms. The molecule has 5 nitrogen and oxygen atoms in total. The lowest BCUT2D eigenvalue weighted by molar-refractivity contribution is 0.546. The molecule has 0 aliphatic rings. The van der Waals surface area contributed by atoms with Crippen molar-refractivity contribution in [2.45, 2.75) is 30.7 Å². The number of anilines is 1. The summed E-state index contributed by atoms with van der Waals surface area (Å²) in [5.74, 6) is 0.297. The quantitative estimate of drug-likeness (QED) is 0.854. The first kappa shape index (κ1) is 15.5. The highest BCUT2D eigenvalue weighted by molar-refractivity contribution is 7.89. The molecular weight excluding hydrogens is 286 g/mol. The van der Waals surface area contributed by atoms with Crippen LogP contribution in [0.25, 0.3) is 0 Å². The fourth-order valence-corrected chi connectivity index (χ4v) is 3.19. The van der Waals surface area contributed by atoms with Crippen LogP contribution in [0.4, 0.5) is 5.82 Å². The Kier molecular flexibility index (Phi) is 4.93. The molecule has 2 aromatic rings. The summed E-state index contributed by atoms with van der Waals surface area (Å²) in [7, 11) is -3.55. The zero-order chi connectivity index (χ0) is 15.3. The van der Waals surface area contributed by atoms with E-state index in [2.05, 4.69) is 9.71 Å². The van der Waals surface area contributed by atoms with Crippen LogP contribution in [0.15, 0.2) is 53.6 Å². The first-order chi connectivity index (χ1) is 9.97. The van der Waals surface area contributed by atoms with Crippen molar-refractivity contribution < 1.29 is 8.42 Å². The number of hydrogen-bond donors (Lipinski definition) is 2. The van der Waals surface area contributed by atoms with Crippen molar-refractivity contribution in [2.75, 3.05) is 5.73 Å². The SMILES string of the molecule is CC(CCc1ccccc1)NS(=O)(=O)c1ccc(N)nc1. The third-order valence-corrected chi connectivity index (χ3v) is 4.71. The molecule has 1 heterocycles. The van der Waals surface area contributed by atoms with Gasteiger partial charge in [-0.3, -0.25) is 0 Å². The van der Waals surface area contributed by atoms with Crippen LogP contribution in [0.1, 0.15) is 18.9 Å². The fourth-order valence-electron chi connectivity index (χ4n) is 1.97. The summed E-state index contributed by atoms with van der Waals surface area (Å²) < 4.78 is 27.0. The van der Waals surface area contributed by atoms with Crippen LogP contribution < -0.4 is 10.5 Å². The summed E-state index contributed by atoms with van der Waals surface area (Å²) >= 11 is 0. The molecule has 0 fully saturated rings. The number of nitrogens with two attached hydrogens (primary N) is 1. The molecule has 1 aromatic heterocycles. The summed E-state index contributed by atoms with van der Waals surface area (Å²) in [6, 6.07) is 12.7. The second kappa shape index (κ2) is 6.69. The number of nitrogens with zero attached hydrogens (tertiary/aromatic N) is 1. The van der Waals surface area contributed by atoms with E-state index < -0.39 is 10.0 Å². The maximum atomic E-state index is 12.2. The summed E-state index contributed by atoms with van der Waals surface area (Å²) in [5.41, 5.74) is 6.65. The normalized spacial score (nSPS) is 13.0. The van der Waals surface area contributed by atoms with Gasteiger partial charge in [0.2, 0.25) is 10.0 Å². The Balaban J connectivity index is 1.95. The van der Waals surface area contributed by atoms with Crippen molar-refractivity contribution in [1.82, 2.24) is 9.71 Å². The summed E-state index contributed by atoms with van der Waals surface area (Å²) in [5, 5.41) is 0. The van der Waals surface area contributed by atoms with Crippen LogP contribution in [-0.4, -0.2) is 19.4 Å². The van der Waals surface area contributed by atoms with Gasteiger partial charge in [0.25, 0.3) is 0 Å². The van der Waals surface area contributed by atoms with E-state index in [9.17, 15) is 8.42 Å². The molecule has 2 rings (SSSR count). The molecule has 0 amide bonds. The second-order valence-corrected chi connectivity index (χ2v) is 6.68. The van der Waals surface area contributed by atoms with E-state index in [-0.39, 0.29) is 10.9 Å². The van der Waals surface area contributed by atoms with E-state index in [0.717, 1.165) is 12.8 Å². The maximum Gasteiger partial charge on any atom is 0.242 e. The molecule has 1 atom stereocenters. The molecule has 21 heavy (non-hydrogen) atoms. The predicted octanol–water partition coefficient (Wildman–Crippen LogP) is 1.96. The van der Waals surface area contributed by atoms with E-state index >= 15 is 0 Å². The summed E-state index contributed by atoms with van der Waals surface area (Å²) in [6.07, 6.45) is 2.82. The number of rotatable bonds is 6. The molecule has 1 unspecified atom stereocenters. The first-order valence-corrected chi connectivity index (χ1v) is 8.23. The van der Waals surface area contributed by atoms with Gasteiger partial charge in [-0.05, 0) is 37.5 Å². The lowest BCUT2D eigenvalue weighted by Crippen LogP contribution is -2.33. The molecule has 0 spiro atoms. The van der Waals surface area contributed by atoms with Crippen LogP contribution in [0.3, 0.4) is 0 Å². The molecular formula is C15H19N3O2S. The van der Waals surface area contributed by atoms with Crippen LogP contribution in [0.2, 0.25) is 0 Å². The van der Waals surface area contributed by atoms with Crippen molar-refractivity contribution in [1.29, 1.82) is 0 Å². The van der Waals surface area contributed by atoms with Crippen LogP contribution in [-0.2, 0) is 16.4 Å². The largest absolute Gasteiger partial charge is 0.384 e. The minimum atomic E-state index is -3.55. The van der Waals surface area contributed by atoms with Crippen molar-refractivity contribution in [3.8, 4) is 0 Å². The number of nitrogen functional groups attached to an aromatic ring is 1. The van der Waals surface area contributed by atoms with Gasteiger partial charge in [0, 0.05) is 12.2 Å². The Morgan fingerprint density at radius 2 is 1.90 bits per heavy atom. The average Bonchev–Trinajstić information content (AvgIpc) is 2.46.